The SMILES string of the molecule is CCCCCCCCCCSc1cc(-c2c3cc(-c4ccc(-c5sccc5CC(CCCCCC)CCCCCCCC)s4)sc3c(-c3cc(SCCCCCCCCCC)c(SCCCCCCCCCC)s3)c3cc(-c4ccc(-c5sccc5CC(CCCCCC)CCCCCCCC)s4)sc23)sc1SCCCCCCCCCC. The van der Waals surface area contributed by atoms with Crippen LogP contribution in [-0.2, 0) is 12.8 Å². The molecule has 2 atom stereocenters. The summed E-state index contributed by atoms with van der Waals surface area (Å²) < 4.78 is 6.16. The van der Waals surface area contributed by atoms with Crippen molar-refractivity contribution in [3.05, 3.63) is 82.6 Å². The highest BCUT2D eigenvalue weighted by Crippen LogP contribution is 2.58. The van der Waals surface area contributed by atoms with Gasteiger partial charge in [0.25, 0.3) is 0 Å². The van der Waals surface area contributed by atoms with Gasteiger partial charge in [-0.15, -0.1) is 138 Å². The Hall–Kier alpha value is -1.26. The van der Waals surface area contributed by atoms with Gasteiger partial charge >= 0.3 is 0 Å². The molecule has 9 rings (SSSR count). The quantitative estimate of drug-likeness (QED) is 0.0275. The van der Waals surface area contributed by atoms with Gasteiger partial charge in [0.05, 0.1) is 8.42 Å². The van der Waals surface area contributed by atoms with Crippen molar-refractivity contribution in [2.24, 2.45) is 11.8 Å². The molecular formula is C106H162S12. The van der Waals surface area contributed by atoms with Crippen molar-refractivity contribution in [1.29, 1.82) is 0 Å². The lowest BCUT2D eigenvalue weighted by molar-refractivity contribution is 0.403. The third kappa shape index (κ3) is 35.4. The molecule has 0 saturated heterocycles. The van der Waals surface area contributed by atoms with Crippen LogP contribution in [0.25, 0.3) is 80.1 Å². The third-order valence-electron chi connectivity index (χ3n) is 24.8. The summed E-state index contributed by atoms with van der Waals surface area (Å²) in [6.45, 7) is 18.9. The summed E-state index contributed by atoms with van der Waals surface area (Å²) in [6.07, 6.45) is 79.3. The summed E-state index contributed by atoms with van der Waals surface area (Å²) >= 11 is 25.6. The fourth-order valence-electron chi connectivity index (χ4n) is 17.6. The van der Waals surface area contributed by atoms with E-state index in [1.165, 1.54) is 475 Å². The summed E-state index contributed by atoms with van der Waals surface area (Å²) in [5.41, 5.74) is 6.23. The monoisotopic (exact) mass is 1820 g/mol. The highest BCUT2D eigenvalue weighted by atomic mass is 32.2. The van der Waals surface area contributed by atoms with E-state index >= 15 is 0 Å². The molecule has 0 spiro atoms. The fourth-order valence-corrected chi connectivity index (χ4v) is 32.5. The van der Waals surface area contributed by atoms with E-state index in [0.717, 1.165) is 11.8 Å². The smallest absolute Gasteiger partial charge is 0.0741 e. The number of thiophene rings is 8. The van der Waals surface area contributed by atoms with Crippen LogP contribution in [0.15, 0.2) is 89.6 Å². The molecule has 8 aromatic heterocycles. The van der Waals surface area contributed by atoms with Gasteiger partial charge in [-0.05, 0) is 156 Å². The molecule has 0 aliphatic heterocycles. The number of hydrogen-bond acceptors (Lipinski definition) is 12. The minimum absolute atomic E-state index is 0.767. The summed E-state index contributed by atoms with van der Waals surface area (Å²) in [7, 11) is 0. The third-order valence-corrected chi connectivity index (χ3v) is 39.7. The summed E-state index contributed by atoms with van der Waals surface area (Å²) in [5.74, 6) is 6.37. The molecule has 118 heavy (non-hydrogen) atoms. The predicted molar refractivity (Wildman–Crippen MR) is 558 cm³/mol. The van der Waals surface area contributed by atoms with Crippen LogP contribution in [0.4, 0.5) is 0 Å². The molecule has 0 radical (unpaired) electrons. The Morgan fingerprint density at radius 2 is 0.500 bits per heavy atom. The second kappa shape index (κ2) is 62.0. The molecule has 0 aliphatic rings. The van der Waals surface area contributed by atoms with Crippen molar-refractivity contribution in [2.45, 2.75) is 446 Å². The molecular weight excluding hydrogens is 1660 g/mol. The van der Waals surface area contributed by atoms with Crippen LogP contribution in [0.1, 0.15) is 426 Å². The van der Waals surface area contributed by atoms with E-state index in [2.05, 4.69) is 242 Å². The predicted octanol–water partition coefficient (Wildman–Crippen LogP) is 43.2. The van der Waals surface area contributed by atoms with Crippen molar-refractivity contribution in [2.75, 3.05) is 23.0 Å². The zero-order chi connectivity index (χ0) is 82.7. The van der Waals surface area contributed by atoms with E-state index < -0.39 is 0 Å². The molecule has 0 bridgehead atoms. The standard InChI is InChI=1S/C106H162S12/c1-9-17-25-33-39-43-49-57-71-107-97-81-95(117-105(97)111-73-59-51-45-41-35-27-19-11-3)99-87-79-93(89-65-67-91(113-89)101-85(69-75-109-101)77-83(61-53-31-23-15-7)63-55-47-37-29-21-13-5)116-104(87)100(96-82-98(108-72-58-50-44-40-34-26-18-10-2)106(118-96)112-74-60-52-46-42-36-28-20-12-4)88-80-94(115-103(88)99)90-66-68-92(114-90)102-86(70-76-110-102)78-84(62-54-32-24-16-8)64-56-48-38-30-22-14-6/h65-70,75-76,79-84H,9-64,71-74,77-78H2,1-8H3. The first-order valence-corrected chi connectivity index (χ1v) is 60.1. The van der Waals surface area contributed by atoms with E-state index in [1.54, 1.807) is 29.3 Å². The van der Waals surface area contributed by atoms with Crippen LogP contribution >= 0.6 is 138 Å². The van der Waals surface area contributed by atoms with E-state index in [1.807, 2.05) is 22.7 Å². The first-order valence-electron chi connectivity index (χ1n) is 49.5. The minimum Gasteiger partial charge on any atom is -0.143 e. The zero-order valence-corrected chi connectivity index (χ0v) is 85.6. The Kier molecular flexibility index (Phi) is 52.8. The van der Waals surface area contributed by atoms with Gasteiger partial charge in [0.15, 0.2) is 0 Å². The van der Waals surface area contributed by atoms with Gasteiger partial charge in [0, 0.05) is 89.9 Å². The lowest BCUT2D eigenvalue weighted by Gasteiger charge is -2.17. The minimum atomic E-state index is 0.767. The average molecular weight is 1820 g/mol. The molecule has 0 nitrogen and oxygen atoms in total. The van der Waals surface area contributed by atoms with Gasteiger partial charge in [-0.3, -0.25) is 0 Å². The Labute approximate surface area is 773 Å². The van der Waals surface area contributed by atoms with Gasteiger partial charge in [-0.2, -0.15) is 0 Å². The van der Waals surface area contributed by atoms with Crippen LogP contribution in [0.2, 0.25) is 0 Å². The average Bonchev–Trinajstić information content (AvgIpc) is 1.55. The fraction of sp³-hybridized carbons (Fsp3) is 0.679. The summed E-state index contributed by atoms with van der Waals surface area (Å²) in [5, 5.41) is 7.83. The molecule has 0 aliphatic carbocycles. The van der Waals surface area contributed by atoms with Gasteiger partial charge in [0.2, 0.25) is 0 Å². The molecule has 0 amide bonds. The van der Waals surface area contributed by atoms with E-state index in [0.29, 0.717) is 0 Å². The Morgan fingerprint density at radius 1 is 0.237 bits per heavy atom. The van der Waals surface area contributed by atoms with Crippen molar-refractivity contribution in [1.82, 2.24) is 0 Å². The van der Waals surface area contributed by atoms with Crippen LogP contribution in [-0.4, -0.2) is 23.0 Å². The number of hydrogen-bond donors (Lipinski definition) is 0. The van der Waals surface area contributed by atoms with Crippen LogP contribution in [0.5, 0.6) is 0 Å². The number of thioether (sulfide) groups is 4. The van der Waals surface area contributed by atoms with Gasteiger partial charge in [-0.1, -0.05) is 389 Å². The van der Waals surface area contributed by atoms with Gasteiger partial charge in [0.1, 0.15) is 0 Å². The van der Waals surface area contributed by atoms with E-state index in [-0.39, 0.29) is 0 Å². The lowest BCUT2D eigenvalue weighted by atomic mass is 9.89. The first kappa shape index (κ1) is 101. The van der Waals surface area contributed by atoms with Crippen molar-refractivity contribution < 1.29 is 0 Å². The van der Waals surface area contributed by atoms with Crippen molar-refractivity contribution in [3.63, 3.8) is 0 Å². The molecule has 658 valence electrons. The van der Waals surface area contributed by atoms with Crippen molar-refractivity contribution >= 4 is 158 Å². The highest BCUT2D eigenvalue weighted by molar-refractivity contribution is 8.04. The topological polar surface area (TPSA) is 0 Å². The molecule has 2 unspecified atom stereocenters. The maximum absolute atomic E-state index is 2.74. The van der Waals surface area contributed by atoms with Gasteiger partial charge < -0.3 is 0 Å². The van der Waals surface area contributed by atoms with Crippen LogP contribution in [0.3, 0.4) is 0 Å². The zero-order valence-electron chi connectivity index (χ0n) is 75.8. The number of benzene rings is 1. The number of rotatable bonds is 74. The molecule has 1 aromatic carbocycles. The van der Waals surface area contributed by atoms with Gasteiger partial charge in [-0.25, -0.2) is 0 Å². The van der Waals surface area contributed by atoms with Crippen LogP contribution in [0, 0.1) is 11.8 Å². The highest BCUT2D eigenvalue weighted by Gasteiger charge is 2.29. The second-order valence-corrected chi connectivity index (χ2v) is 48.3. The molecule has 0 N–H and O–H groups in total. The van der Waals surface area contributed by atoms with E-state index in [9.17, 15) is 0 Å². The van der Waals surface area contributed by atoms with Crippen molar-refractivity contribution in [3.8, 4) is 59.9 Å². The normalized spacial score (nSPS) is 12.5. The van der Waals surface area contributed by atoms with E-state index in [4.69, 9.17) is 0 Å². The molecule has 12 heteroatoms. The molecule has 8 heterocycles. The number of fused-ring (bicyclic) bond motifs is 2. The summed E-state index contributed by atoms with van der Waals surface area (Å²) in [6, 6.07) is 26.2. The maximum atomic E-state index is 2.74. The lowest BCUT2D eigenvalue weighted by Crippen LogP contribution is -2.05. The Bertz CT molecular complexity index is 3610. The summed E-state index contributed by atoms with van der Waals surface area (Å²) in [4.78, 5) is 17.9. The Balaban J connectivity index is 1.17. The maximum Gasteiger partial charge on any atom is 0.0741 e. The first-order chi connectivity index (χ1) is 58.3. The molecule has 0 fully saturated rings. The van der Waals surface area contributed by atoms with Crippen LogP contribution < -0.4 is 0 Å². The molecule has 9 aromatic rings. The molecule has 0 saturated carbocycles. The Morgan fingerprint density at radius 3 is 0.805 bits per heavy atom. The largest absolute Gasteiger partial charge is 0.143 e. The number of unbranched alkanes of at least 4 members (excludes halogenated alkanes) is 44. The second-order valence-electron chi connectivity index (χ2n) is 35.1.